The zero-order valence-electron chi connectivity index (χ0n) is 22.9. The molecule has 1 amide bonds. The first-order chi connectivity index (χ1) is 20.3. The summed E-state index contributed by atoms with van der Waals surface area (Å²) in [6.07, 6.45) is -8.76. The molecular formula is C31H30F6N2O4. The molecule has 12 heteroatoms. The van der Waals surface area contributed by atoms with Gasteiger partial charge in [-0.25, -0.2) is 0 Å². The maximum Gasteiger partial charge on any atom is 0.416 e. The van der Waals surface area contributed by atoms with Crippen LogP contribution in [0.15, 0.2) is 72.8 Å². The van der Waals surface area contributed by atoms with Crippen LogP contribution in [0.1, 0.15) is 46.8 Å². The number of phenolic OH excluding ortho intramolecular Hbond substituents is 1. The molecule has 1 aliphatic heterocycles. The average Bonchev–Trinajstić information content (AvgIpc) is 3.45. The Morgan fingerprint density at radius 2 is 1.26 bits per heavy atom. The fourth-order valence-corrected chi connectivity index (χ4v) is 4.92. The van der Waals surface area contributed by atoms with E-state index in [1.54, 1.807) is 0 Å². The number of likely N-dealkylation sites (tertiary alicyclic amines) is 1. The number of nitrogens with one attached hydrogen (secondary N) is 1. The van der Waals surface area contributed by atoms with E-state index in [9.17, 15) is 41.0 Å². The maximum atomic E-state index is 13.1. The van der Waals surface area contributed by atoms with Crippen LogP contribution in [-0.4, -0.2) is 47.6 Å². The number of amides is 1. The van der Waals surface area contributed by atoms with Crippen molar-refractivity contribution < 1.29 is 45.8 Å². The van der Waals surface area contributed by atoms with Crippen LogP contribution in [0.3, 0.4) is 0 Å². The minimum atomic E-state index is -4.52. The topological polar surface area (TPSA) is 78.9 Å². The van der Waals surface area contributed by atoms with Gasteiger partial charge in [0.1, 0.15) is 11.9 Å². The summed E-state index contributed by atoms with van der Waals surface area (Å²) in [7, 11) is 0. The molecule has 3 aromatic carbocycles. The van der Waals surface area contributed by atoms with Crippen LogP contribution in [0.4, 0.5) is 26.3 Å². The highest BCUT2D eigenvalue weighted by Crippen LogP contribution is 2.31. The summed E-state index contributed by atoms with van der Waals surface area (Å²) in [5.41, 5.74) is -0.586. The lowest BCUT2D eigenvalue weighted by atomic mass is 10.00. The van der Waals surface area contributed by atoms with Gasteiger partial charge in [0.15, 0.2) is 0 Å². The molecular weight excluding hydrogens is 578 g/mol. The molecule has 0 aromatic heterocycles. The molecule has 0 aliphatic carbocycles. The van der Waals surface area contributed by atoms with Crippen molar-refractivity contribution >= 4 is 11.9 Å². The standard InChI is InChI=1S/C31H30F6N2O4/c32-30(33,34)23-9-3-20(4-10-23)17-27(41)38-26(19-39-15-1-2-16-39)29(22-7-13-25(40)14-8-22)43-28(42)18-21-5-11-24(12-6-21)31(35,36)37/h3-14,26,29,40H,1-2,15-19H2,(H,38,41)/t26-,29-/m1/s1. The van der Waals surface area contributed by atoms with Crippen LogP contribution in [0, 0.1) is 0 Å². The van der Waals surface area contributed by atoms with Crippen molar-refractivity contribution in [2.75, 3.05) is 19.6 Å². The number of rotatable bonds is 10. The van der Waals surface area contributed by atoms with E-state index in [1.165, 1.54) is 48.5 Å². The summed E-state index contributed by atoms with van der Waals surface area (Å²) in [5, 5.41) is 12.7. The molecule has 1 saturated heterocycles. The van der Waals surface area contributed by atoms with Crippen LogP contribution in [-0.2, 0) is 39.5 Å². The van der Waals surface area contributed by atoms with Crippen molar-refractivity contribution in [3.8, 4) is 5.75 Å². The molecule has 1 aliphatic rings. The number of hydrogen-bond donors (Lipinski definition) is 2. The second-order valence-electron chi connectivity index (χ2n) is 10.4. The number of carbonyl (C=O) groups excluding carboxylic acids is 2. The Hall–Kier alpha value is -4.06. The molecule has 43 heavy (non-hydrogen) atoms. The zero-order valence-corrected chi connectivity index (χ0v) is 22.9. The Morgan fingerprint density at radius 3 is 1.74 bits per heavy atom. The Labute approximate surface area is 244 Å². The van der Waals surface area contributed by atoms with Gasteiger partial charge >= 0.3 is 18.3 Å². The lowest BCUT2D eigenvalue weighted by molar-refractivity contribution is -0.151. The highest BCUT2D eigenvalue weighted by Gasteiger charge is 2.33. The van der Waals surface area contributed by atoms with Gasteiger partial charge in [-0.1, -0.05) is 36.4 Å². The number of phenols is 1. The van der Waals surface area contributed by atoms with E-state index in [4.69, 9.17) is 4.74 Å². The largest absolute Gasteiger partial charge is 0.508 e. The van der Waals surface area contributed by atoms with Gasteiger partial charge in [0.2, 0.25) is 5.91 Å². The number of halogens is 6. The van der Waals surface area contributed by atoms with Gasteiger partial charge in [0.05, 0.1) is 30.0 Å². The number of aromatic hydroxyl groups is 1. The van der Waals surface area contributed by atoms with Crippen molar-refractivity contribution in [1.82, 2.24) is 10.2 Å². The minimum absolute atomic E-state index is 0.0407. The van der Waals surface area contributed by atoms with Crippen LogP contribution >= 0.6 is 0 Å². The summed E-state index contributed by atoms with van der Waals surface area (Å²) in [5.74, 6) is -1.30. The predicted molar refractivity (Wildman–Crippen MR) is 145 cm³/mol. The molecule has 0 saturated carbocycles. The number of ether oxygens (including phenoxy) is 1. The molecule has 0 unspecified atom stereocenters. The first-order valence-corrected chi connectivity index (χ1v) is 13.6. The fourth-order valence-electron chi connectivity index (χ4n) is 4.92. The number of hydrogen-bond acceptors (Lipinski definition) is 5. The summed E-state index contributed by atoms with van der Waals surface area (Å²) < 4.78 is 83.5. The normalized spacial score (nSPS) is 15.6. The van der Waals surface area contributed by atoms with Gasteiger partial charge in [-0.15, -0.1) is 0 Å². The second kappa shape index (κ2) is 13.5. The first-order valence-electron chi connectivity index (χ1n) is 13.6. The van der Waals surface area contributed by atoms with Crippen molar-refractivity contribution in [3.05, 3.63) is 101 Å². The van der Waals surface area contributed by atoms with E-state index in [-0.39, 0.29) is 25.1 Å². The van der Waals surface area contributed by atoms with Gasteiger partial charge in [-0.05, 0) is 79.0 Å². The van der Waals surface area contributed by atoms with E-state index in [0.29, 0.717) is 16.7 Å². The third kappa shape index (κ3) is 9.21. The van der Waals surface area contributed by atoms with E-state index in [2.05, 4.69) is 10.2 Å². The molecule has 1 fully saturated rings. The quantitative estimate of drug-likeness (QED) is 0.216. The summed E-state index contributed by atoms with van der Waals surface area (Å²) >= 11 is 0. The number of nitrogens with zero attached hydrogens (tertiary/aromatic N) is 1. The highest BCUT2D eigenvalue weighted by atomic mass is 19.4. The molecule has 0 bridgehead atoms. The van der Waals surface area contributed by atoms with E-state index in [0.717, 1.165) is 50.2 Å². The number of alkyl halides is 6. The smallest absolute Gasteiger partial charge is 0.416 e. The molecule has 2 N–H and O–H groups in total. The van der Waals surface area contributed by atoms with E-state index >= 15 is 0 Å². The summed E-state index contributed by atoms with van der Waals surface area (Å²) in [6.45, 7) is 1.78. The van der Waals surface area contributed by atoms with Crippen molar-refractivity contribution in [1.29, 1.82) is 0 Å². The van der Waals surface area contributed by atoms with E-state index in [1.807, 2.05) is 0 Å². The third-order valence-corrected chi connectivity index (χ3v) is 7.12. The number of carbonyl (C=O) groups is 2. The molecule has 0 radical (unpaired) electrons. The van der Waals surface area contributed by atoms with Gasteiger partial charge in [0, 0.05) is 6.54 Å². The molecule has 6 nitrogen and oxygen atoms in total. The predicted octanol–water partition coefficient (Wildman–Crippen LogP) is 6.08. The molecule has 4 rings (SSSR count). The lowest BCUT2D eigenvalue weighted by Gasteiger charge is -2.31. The Balaban J connectivity index is 1.55. The van der Waals surface area contributed by atoms with Gasteiger partial charge < -0.3 is 20.1 Å². The molecule has 230 valence electrons. The Morgan fingerprint density at radius 1 is 0.767 bits per heavy atom. The molecule has 3 aromatic rings. The number of benzene rings is 3. The van der Waals surface area contributed by atoms with Crippen LogP contribution in [0.5, 0.6) is 5.75 Å². The summed E-state index contributed by atoms with van der Waals surface area (Å²) in [4.78, 5) is 28.3. The first kappa shape index (κ1) is 31.9. The Bertz CT molecular complexity index is 1370. The van der Waals surface area contributed by atoms with E-state index < -0.39 is 47.5 Å². The Kier molecular flexibility index (Phi) is 10.0. The molecule has 1 heterocycles. The van der Waals surface area contributed by atoms with Crippen molar-refractivity contribution in [3.63, 3.8) is 0 Å². The minimum Gasteiger partial charge on any atom is -0.508 e. The van der Waals surface area contributed by atoms with Gasteiger partial charge in [0.25, 0.3) is 0 Å². The summed E-state index contributed by atoms with van der Waals surface area (Å²) in [6, 6.07) is 13.4. The molecule has 2 atom stereocenters. The van der Waals surface area contributed by atoms with Crippen LogP contribution in [0.25, 0.3) is 0 Å². The number of esters is 1. The maximum absolute atomic E-state index is 13.1. The second-order valence-corrected chi connectivity index (χ2v) is 10.4. The fraction of sp³-hybridized carbons (Fsp3) is 0.355. The molecule has 0 spiro atoms. The van der Waals surface area contributed by atoms with Gasteiger partial charge in [-0.2, -0.15) is 26.3 Å². The zero-order chi connectivity index (χ0) is 31.2. The van der Waals surface area contributed by atoms with Crippen LogP contribution in [0.2, 0.25) is 0 Å². The van der Waals surface area contributed by atoms with Gasteiger partial charge in [-0.3, -0.25) is 9.59 Å². The highest BCUT2D eigenvalue weighted by molar-refractivity contribution is 5.79. The van der Waals surface area contributed by atoms with Crippen molar-refractivity contribution in [2.45, 2.75) is 50.2 Å². The lowest BCUT2D eigenvalue weighted by Crippen LogP contribution is -2.48. The average molecular weight is 609 g/mol. The van der Waals surface area contributed by atoms with Crippen molar-refractivity contribution in [2.24, 2.45) is 0 Å². The monoisotopic (exact) mass is 608 g/mol. The SMILES string of the molecule is O=C(Cc1ccc(C(F)(F)F)cc1)N[C@H](CN1CCCC1)[C@H](OC(=O)Cc1ccc(C(F)(F)F)cc1)c1ccc(O)cc1. The van der Waals surface area contributed by atoms with Crippen LogP contribution < -0.4 is 5.32 Å². The third-order valence-electron chi connectivity index (χ3n) is 7.12.